The zero-order chi connectivity index (χ0) is 13.2. The second-order valence-electron chi connectivity index (χ2n) is 4.23. The summed E-state index contributed by atoms with van der Waals surface area (Å²) in [5.74, 6) is 1.07. The first-order valence-electron chi connectivity index (χ1n) is 5.70. The van der Waals surface area contributed by atoms with Crippen molar-refractivity contribution in [3.8, 4) is 0 Å². The predicted octanol–water partition coefficient (Wildman–Crippen LogP) is 0.341. The Balaban J connectivity index is 2.29. The van der Waals surface area contributed by atoms with Crippen LogP contribution in [-0.2, 0) is 9.84 Å². The van der Waals surface area contributed by atoms with Crippen molar-refractivity contribution in [3.63, 3.8) is 0 Å². The van der Waals surface area contributed by atoms with Gasteiger partial charge in [0.1, 0.15) is 10.8 Å². The molecule has 1 fully saturated rings. The standard InChI is InChI=1S/C11H15N3O2S2/c12-10(17)9-3-1-4-13-11(9)14-5-2-7-18(15,16)8-6-14/h1,3-4H,2,5-8H2,(H2,12,17). The van der Waals surface area contributed by atoms with Crippen LogP contribution in [0.2, 0.25) is 0 Å². The summed E-state index contributed by atoms with van der Waals surface area (Å²) >= 11 is 4.99. The van der Waals surface area contributed by atoms with E-state index in [1.807, 2.05) is 11.0 Å². The minimum absolute atomic E-state index is 0.153. The van der Waals surface area contributed by atoms with Gasteiger partial charge in [0, 0.05) is 19.3 Å². The van der Waals surface area contributed by atoms with Crippen LogP contribution in [0, 0.1) is 0 Å². The lowest BCUT2D eigenvalue weighted by molar-refractivity contribution is 0.597. The van der Waals surface area contributed by atoms with Gasteiger partial charge in [0.25, 0.3) is 0 Å². The molecular formula is C11H15N3O2S2. The molecular weight excluding hydrogens is 270 g/mol. The molecule has 0 unspecified atom stereocenters. The van der Waals surface area contributed by atoms with Crippen LogP contribution in [-0.4, -0.2) is 43.0 Å². The Morgan fingerprint density at radius 1 is 1.39 bits per heavy atom. The Hall–Kier alpha value is -1.21. The van der Waals surface area contributed by atoms with Crippen molar-refractivity contribution in [1.82, 2.24) is 4.98 Å². The van der Waals surface area contributed by atoms with E-state index >= 15 is 0 Å². The summed E-state index contributed by atoms with van der Waals surface area (Å²) in [6.45, 7) is 1.10. The van der Waals surface area contributed by atoms with Crippen molar-refractivity contribution in [2.24, 2.45) is 5.73 Å². The molecule has 0 atom stereocenters. The van der Waals surface area contributed by atoms with Gasteiger partial charge in [-0.15, -0.1) is 0 Å². The molecule has 0 saturated carbocycles. The van der Waals surface area contributed by atoms with Crippen LogP contribution in [0.25, 0.3) is 0 Å². The molecule has 0 radical (unpaired) electrons. The fourth-order valence-corrected chi connectivity index (χ4v) is 3.42. The normalized spacial score (nSPS) is 19.2. The maximum Gasteiger partial charge on any atom is 0.152 e. The molecule has 98 valence electrons. The molecule has 1 aromatic heterocycles. The molecule has 0 spiro atoms. The first-order valence-corrected chi connectivity index (χ1v) is 7.93. The van der Waals surface area contributed by atoms with E-state index in [9.17, 15) is 8.42 Å². The van der Waals surface area contributed by atoms with Crippen LogP contribution in [0.3, 0.4) is 0 Å². The van der Waals surface area contributed by atoms with Gasteiger partial charge in [-0.1, -0.05) is 12.2 Å². The number of rotatable bonds is 2. The molecule has 2 rings (SSSR count). The molecule has 5 nitrogen and oxygen atoms in total. The summed E-state index contributed by atoms with van der Waals surface area (Å²) in [4.78, 5) is 6.50. The highest BCUT2D eigenvalue weighted by atomic mass is 32.2. The number of hydrogen-bond donors (Lipinski definition) is 1. The van der Waals surface area contributed by atoms with Crippen LogP contribution in [0.5, 0.6) is 0 Å². The molecule has 1 aliphatic heterocycles. The zero-order valence-corrected chi connectivity index (χ0v) is 11.5. The Bertz CT molecular complexity index is 557. The zero-order valence-electron chi connectivity index (χ0n) is 9.87. The van der Waals surface area contributed by atoms with Gasteiger partial charge in [-0.2, -0.15) is 0 Å². The second-order valence-corrected chi connectivity index (χ2v) is 6.97. The quantitative estimate of drug-likeness (QED) is 0.790. The minimum Gasteiger partial charge on any atom is -0.389 e. The molecule has 2 heterocycles. The summed E-state index contributed by atoms with van der Waals surface area (Å²) in [5, 5.41) is 0. The summed E-state index contributed by atoms with van der Waals surface area (Å²) in [5.41, 5.74) is 6.36. The molecule has 0 aliphatic carbocycles. The van der Waals surface area contributed by atoms with E-state index in [0.29, 0.717) is 30.9 Å². The van der Waals surface area contributed by atoms with Gasteiger partial charge in [-0.3, -0.25) is 0 Å². The molecule has 0 amide bonds. The lowest BCUT2D eigenvalue weighted by atomic mass is 10.2. The first-order chi connectivity index (χ1) is 8.49. The van der Waals surface area contributed by atoms with Crippen LogP contribution in [0.1, 0.15) is 12.0 Å². The summed E-state index contributed by atoms with van der Waals surface area (Å²) in [6, 6.07) is 3.58. The van der Waals surface area contributed by atoms with Crippen LogP contribution >= 0.6 is 12.2 Å². The summed E-state index contributed by atoms with van der Waals surface area (Å²) < 4.78 is 23.1. The van der Waals surface area contributed by atoms with E-state index in [2.05, 4.69) is 4.98 Å². The van der Waals surface area contributed by atoms with Crippen LogP contribution < -0.4 is 10.6 Å². The largest absolute Gasteiger partial charge is 0.389 e. The van der Waals surface area contributed by atoms with Crippen molar-refractivity contribution in [3.05, 3.63) is 23.9 Å². The molecule has 7 heteroatoms. The first kappa shape index (κ1) is 13.2. The fourth-order valence-electron chi connectivity index (χ4n) is 1.99. The molecule has 0 bridgehead atoms. The van der Waals surface area contributed by atoms with Gasteiger partial charge < -0.3 is 10.6 Å². The van der Waals surface area contributed by atoms with Crippen molar-refractivity contribution < 1.29 is 8.42 Å². The Morgan fingerprint density at radius 2 is 2.17 bits per heavy atom. The van der Waals surface area contributed by atoms with E-state index in [4.69, 9.17) is 18.0 Å². The van der Waals surface area contributed by atoms with Crippen LogP contribution in [0.4, 0.5) is 5.82 Å². The SMILES string of the molecule is NC(=S)c1cccnc1N1CCCS(=O)(=O)CC1. The second kappa shape index (κ2) is 5.19. The Morgan fingerprint density at radius 3 is 2.89 bits per heavy atom. The Labute approximate surface area is 112 Å². The molecule has 1 aliphatic rings. The molecule has 0 aromatic carbocycles. The van der Waals surface area contributed by atoms with Crippen molar-refractivity contribution in [2.75, 3.05) is 29.5 Å². The van der Waals surface area contributed by atoms with Crippen molar-refractivity contribution in [2.45, 2.75) is 6.42 Å². The number of nitrogens with two attached hydrogens (primary N) is 1. The third-order valence-corrected chi connectivity index (χ3v) is 4.84. The van der Waals surface area contributed by atoms with Crippen LogP contribution in [0.15, 0.2) is 18.3 Å². The number of sulfone groups is 1. The third-order valence-electron chi connectivity index (χ3n) is 2.91. The number of pyridine rings is 1. The van der Waals surface area contributed by atoms with Crippen molar-refractivity contribution >= 4 is 32.9 Å². The number of hydrogen-bond acceptors (Lipinski definition) is 5. The maximum absolute atomic E-state index is 11.6. The van der Waals surface area contributed by atoms with Gasteiger partial charge in [0.2, 0.25) is 0 Å². The predicted molar refractivity (Wildman–Crippen MR) is 75.6 cm³/mol. The maximum atomic E-state index is 11.6. The minimum atomic E-state index is -2.93. The number of thiocarbonyl (C=S) groups is 1. The van der Waals surface area contributed by atoms with Gasteiger partial charge >= 0.3 is 0 Å². The lowest BCUT2D eigenvalue weighted by Gasteiger charge is -2.23. The topological polar surface area (TPSA) is 76.3 Å². The highest BCUT2D eigenvalue weighted by Gasteiger charge is 2.21. The number of nitrogens with zero attached hydrogens (tertiary/aromatic N) is 2. The molecule has 1 saturated heterocycles. The highest BCUT2D eigenvalue weighted by molar-refractivity contribution is 7.91. The van der Waals surface area contributed by atoms with Gasteiger partial charge in [0.05, 0.1) is 17.1 Å². The molecule has 1 aromatic rings. The fraction of sp³-hybridized carbons (Fsp3) is 0.455. The summed E-state index contributed by atoms with van der Waals surface area (Å²) in [7, 11) is -2.93. The van der Waals surface area contributed by atoms with E-state index in [0.717, 1.165) is 0 Å². The molecule has 2 N–H and O–H groups in total. The van der Waals surface area contributed by atoms with E-state index < -0.39 is 9.84 Å². The average Bonchev–Trinajstić information content (AvgIpc) is 2.50. The smallest absolute Gasteiger partial charge is 0.152 e. The summed E-state index contributed by atoms with van der Waals surface area (Å²) in [6.07, 6.45) is 2.27. The average molecular weight is 285 g/mol. The van der Waals surface area contributed by atoms with E-state index in [1.165, 1.54) is 0 Å². The number of anilines is 1. The third kappa shape index (κ3) is 2.97. The van der Waals surface area contributed by atoms with E-state index in [1.54, 1.807) is 12.3 Å². The van der Waals surface area contributed by atoms with Gasteiger partial charge in [-0.05, 0) is 18.6 Å². The lowest BCUT2D eigenvalue weighted by Crippen LogP contribution is -2.30. The number of aromatic nitrogens is 1. The van der Waals surface area contributed by atoms with Crippen molar-refractivity contribution in [1.29, 1.82) is 0 Å². The van der Waals surface area contributed by atoms with Gasteiger partial charge in [-0.25, -0.2) is 13.4 Å². The Kier molecular flexibility index (Phi) is 3.82. The monoisotopic (exact) mass is 285 g/mol. The molecule has 18 heavy (non-hydrogen) atoms. The van der Waals surface area contributed by atoms with E-state index in [-0.39, 0.29) is 16.5 Å². The van der Waals surface area contributed by atoms with Gasteiger partial charge in [0.15, 0.2) is 9.84 Å². The highest BCUT2D eigenvalue weighted by Crippen LogP contribution is 2.19.